The molecule has 2 aromatic carbocycles. The molecule has 1 amide bonds. The van der Waals surface area contributed by atoms with Crippen LogP contribution in [0.3, 0.4) is 0 Å². The molecule has 3 rings (SSSR count). The van der Waals surface area contributed by atoms with Crippen LogP contribution in [0.4, 0.5) is 5.13 Å². The summed E-state index contributed by atoms with van der Waals surface area (Å²) in [4.78, 5) is 17.3. The number of thiazole rings is 1. The first-order valence-corrected chi connectivity index (χ1v) is 13.7. The summed E-state index contributed by atoms with van der Waals surface area (Å²) in [5.74, 6) is -0.343. The monoisotopic (exact) mass is 505 g/mol. The van der Waals surface area contributed by atoms with E-state index in [4.69, 9.17) is 11.6 Å². The maximum atomic E-state index is 13.1. The number of nitrogens with one attached hydrogen (secondary N) is 1. The van der Waals surface area contributed by atoms with E-state index in [9.17, 15) is 13.2 Å². The van der Waals surface area contributed by atoms with Crippen LogP contribution in [0.15, 0.2) is 58.8 Å². The molecule has 0 aliphatic carbocycles. The molecular weight excluding hydrogens is 478 g/mol. The van der Waals surface area contributed by atoms with Gasteiger partial charge in [0.2, 0.25) is 10.0 Å². The number of carbonyl (C=O) groups excluding carboxylic acids is 1. The normalized spacial score (nSPS) is 11.6. The van der Waals surface area contributed by atoms with Gasteiger partial charge in [0.15, 0.2) is 5.13 Å². The Kier molecular flexibility index (Phi) is 9.02. The zero-order valence-electron chi connectivity index (χ0n) is 18.8. The lowest BCUT2D eigenvalue weighted by Gasteiger charge is -2.22. The van der Waals surface area contributed by atoms with E-state index < -0.39 is 10.0 Å². The molecule has 0 saturated heterocycles. The molecule has 9 heteroatoms. The molecule has 6 nitrogen and oxygen atoms in total. The van der Waals surface area contributed by atoms with Gasteiger partial charge in [-0.1, -0.05) is 50.4 Å². The summed E-state index contributed by atoms with van der Waals surface area (Å²) in [6.45, 7) is 5.08. The summed E-state index contributed by atoms with van der Waals surface area (Å²) < 4.78 is 27.7. The molecule has 0 fully saturated rings. The fourth-order valence-electron chi connectivity index (χ4n) is 3.20. The quantitative estimate of drug-likeness (QED) is 0.331. The first-order chi connectivity index (χ1) is 15.8. The molecule has 0 atom stereocenters. The average molecular weight is 506 g/mol. The minimum atomic E-state index is -3.60. The first-order valence-electron chi connectivity index (χ1n) is 11.0. The van der Waals surface area contributed by atoms with Crippen LogP contribution in [0.2, 0.25) is 5.02 Å². The minimum Gasteiger partial charge on any atom is -0.298 e. The number of carbonyl (C=O) groups is 1. The second kappa shape index (κ2) is 11.7. The highest BCUT2D eigenvalue weighted by Crippen LogP contribution is 2.26. The van der Waals surface area contributed by atoms with Gasteiger partial charge >= 0.3 is 0 Å². The van der Waals surface area contributed by atoms with Gasteiger partial charge in [-0.3, -0.25) is 10.1 Å². The largest absolute Gasteiger partial charge is 0.298 e. The molecule has 1 heterocycles. The van der Waals surface area contributed by atoms with E-state index in [1.165, 1.54) is 35.6 Å². The van der Waals surface area contributed by atoms with E-state index in [1.807, 2.05) is 31.4 Å². The van der Waals surface area contributed by atoms with Crippen LogP contribution in [0.5, 0.6) is 0 Å². The van der Waals surface area contributed by atoms with Gasteiger partial charge in [0.25, 0.3) is 5.91 Å². The number of hydrogen-bond acceptors (Lipinski definition) is 5. The van der Waals surface area contributed by atoms with Crippen molar-refractivity contribution in [2.24, 2.45) is 0 Å². The molecule has 0 aliphatic heterocycles. The van der Waals surface area contributed by atoms with Gasteiger partial charge < -0.3 is 0 Å². The predicted octanol–water partition coefficient (Wildman–Crippen LogP) is 6.31. The van der Waals surface area contributed by atoms with E-state index in [-0.39, 0.29) is 10.8 Å². The minimum absolute atomic E-state index is 0.200. The highest BCUT2D eigenvalue weighted by molar-refractivity contribution is 7.89. The Morgan fingerprint density at radius 1 is 1.00 bits per heavy atom. The van der Waals surface area contributed by atoms with Crippen LogP contribution in [-0.2, 0) is 10.0 Å². The molecule has 176 valence electrons. The second-order valence-corrected chi connectivity index (χ2v) is 10.9. The maximum absolute atomic E-state index is 13.1. The number of anilines is 1. The fraction of sp³-hybridized carbons (Fsp3) is 0.333. The highest BCUT2D eigenvalue weighted by atomic mass is 35.5. The molecule has 0 saturated carbocycles. The highest BCUT2D eigenvalue weighted by Gasteiger charge is 2.24. The van der Waals surface area contributed by atoms with Gasteiger partial charge in [0, 0.05) is 34.6 Å². The number of benzene rings is 2. The number of rotatable bonds is 11. The third-order valence-electron chi connectivity index (χ3n) is 5.14. The average Bonchev–Trinajstić information content (AvgIpc) is 3.28. The van der Waals surface area contributed by atoms with E-state index in [0.29, 0.717) is 28.8 Å². The van der Waals surface area contributed by atoms with Gasteiger partial charge in [0.1, 0.15) is 0 Å². The lowest BCUT2D eigenvalue weighted by atomic mass is 10.2. The summed E-state index contributed by atoms with van der Waals surface area (Å²) in [5.41, 5.74) is 2.01. The van der Waals surface area contributed by atoms with Crippen molar-refractivity contribution in [3.63, 3.8) is 0 Å². The van der Waals surface area contributed by atoms with Crippen LogP contribution in [0, 0.1) is 0 Å². The number of sulfonamides is 1. The predicted molar refractivity (Wildman–Crippen MR) is 136 cm³/mol. The number of nitrogens with zero attached hydrogens (tertiary/aromatic N) is 2. The number of amides is 1. The Morgan fingerprint density at radius 2 is 1.61 bits per heavy atom. The Morgan fingerprint density at radius 3 is 2.18 bits per heavy atom. The van der Waals surface area contributed by atoms with Gasteiger partial charge in [-0.05, 0) is 49.2 Å². The topological polar surface area (TPSA) is 79.4 Å². The molecule has 3 aromatic rings. The van der Waals surface area contributed by atoms with Gasteiger partial charge in [-0.2, -0.15) is 4.31 Å². The van der Waals surface area contributed by atoms with Crippen molar-refractivity contribution in [1.29, 1.82) is 0 Å². The van der Waals surface area contributed by atoms with Crippen LogP contribution in [0.1, 0.15) is 49.9 Å². The first kappa shape index (κ1) is 25.4. The Balaban J connectivity index is 1.70. The lowest BCUT2D eigenvalue weighted by molar-refractivity contribution is 0.102. The van der Waals surface area contributed by atoms with Gasteiger partial charge in [0.05, 0.1) is 10.6 Å². The van der Waals surface area contributed by atoms with E-state index >= 15 is 0 Å². The van der Waals surface area contributed by atoms with E-state index in [2.05, 4.69) is 10.3 Å². The Labute approximate surface area is 204 Å². The van der Waals surface area contributed by atoms with Crippen LogP contribution < -0.4 is 5.32 Å². The van der Waals surface area contributed by atoms with Crippen molar-refractivity contribution in [3.8, 4) is 11.3 Å². The zero-order valence-corrected chi connectivity index (χ0v) is 21.1. The SMILES string of the molecule is CCCCN(CCCC)S(=O)(=O)c1ccc(C(=O)Nc2nc(-c3ccc(Cl)cc3)cs2)cc1. The van der Waals surface area contributed by atoms with Crippen molar-refractivity contribution >= 4 is 44.0 Å². The number of aromatic nitrogens is 1. The number of halogens is 1. The molecule has 1 aromatic heterocycles. The molecule has 0 aliphatic rings. The van der Waals surface area contributed by atoms with Crippen molar-refractivity contribution in [1.82, 2.24) is 9.29 Å². The lowest BCUT2D eigenvalue weighted by Crippen LogP contribution is -2.33. The van der Waals surface area contributed by atoms with Gasteiger partial charge in [-0.15, -0.1) is 11.3 Å². The van der Waals surface area contributed by atoms with Crippen LogP contribution >= 0.6 is 22.9 Å². The number of hydrogen-bond donors (Lipinski definition) is 1. The fourth-order valence-corrected chi connectivity index (χ4v) is 5.56. The smallest absolute Gasteiger partial charge is 0.257 e. The number of unbranched alkanes of at least 4 members (excludes halogenated alkanes) is 2. The summed E-state index contributed by atoms with van der Waals surface area (Å²) in [5, 5.41) is 5.75. The summed E-state index contributed by atoms with van der Waals surface area (Å²) >= 11 is 7.25. The van der Waals surface area contributed by atoms with Crippen molar-refractivity contribution < 1.29 is 13.2 Å². The zero-order chi connectivity index (χ0) is 23.8. The van der Waals surface area contributed by atoms with E-state index in [1.54, 1.807) is 16.4 Å². The maximum Gasteiger partial charge on any atom is 0.257 e. The molecule has 1 N–H and O–H groups in total. The summed E-state index contributed by atoms with van der Waals surface area (Å²) in [6.07, 6.45) is 3.48. The molecule has 0 bridgehead atoms. The van der Waals surface area contributed by atoms with Crippen LogP contribution in [0.25, 0.3) is 11.3 Å². The molecular formula is C24H28ClN3O3S2. The molecule has 33 heavy (non-hydrogen) atoms. The third kappa shape index (κ3) is 6.63. The van der Waals surface area contributed by atoms with Crippen molar-refractivity contribution in [2.45, 2.75) is 44.4 Å². The summed E-state index contributed by atoms with van der Waals surface area (Å²) in [7, 11) is -3.60. The molecule has 0 spiro atoms. The molecule has 0 unspecified atom stereocenters. The van der Waals surface area contributed by atoms with E-state index in [0.717, 1.165) is 36.9 Å². The Hall–Kier alpha value is -2.26. The van der Waals surface area contributed by atoms with Crippen molar-refractivity contribution in [2.75, 3.05) is 18.4 Å². The van der Waals surface area contributed by atoms with Gasteiger partial charge in [-0.25, -0.2) is 13.4 Å². The second-order valence-electron chi connectivity index (χ2n) is 7.63. The van der Waals surface area contributed by atoms with Crippen molar-refractivity contribution in [3.05, 3.63) is 64.5 Å². The molecule has 0 radical (unpaired) electrons. The van der Waals surface area contributed by atoms with Crippen LogP contribution in [-0.4, -0.2) is 36.7 Å². The summed E-state index contributed by atoms with van der Waals surface area (Å²) in [6, 6.07) is 13.4. The standard InChI is InChI=1S/C24H28ClN3O3S2/c1-3-5-15-28(16-6-4-2)33(30,31)21-13-9-19(10-14-21)23(29)27-24-26-22(17-32-24)18-7-11-20(25)12-8-18/h7-14,17H,3-6,15-16H2,1-2H3,(H,26,27,29). The Bertz CT molecular complexity index is 1150. The third-order valence-corrected chi connectivity index (χ3v) is 8.06.